The summed E-state index contributed by atoms with van der Waals surface area (Å²) >= 11 is 0. The van der Waals surface area contributed by atoms with Crippen molar-refractivity contribution in [3.05, 3.63) is 79.9 Å². The minimum atomic E-state index is -1.18. The second-order valence-corrected chi connectivity index (χ2v) is 7.70. The molecule has 0 aromatic heterocycles. The molecular formula is C22H20N4O10. The minimum absolute atomic E-state index is 0.0335. The molecule has 2 N–H and O–H groups in total. The number of ether oxygens (including phenoxy) is 2. The topological polar surface area (TPSA) is 197 Å². The average molecular weight is 500 g/mol. The molecule has 188 valence electrons. The van der Waals surface area contributed by atoms with Gasteiger partial charge in [-0.1, -0.05) is 0 Å². The van der Waals surface area contributed by atoms with Crippen molar-refractivity contribution < 1.29 is 38.5 Å². The lowest BCUT2D eigenvalue weighted by Crippen LogP contribution is -2.72. The standard InChI is InChI=1S/C22H20N4O10/c1-35-21(29)15-17(23-19(27)11-3-7-13(8-4-11)25(31)32)16(22(30)36-2)18(15)24-20(28)12-5-9-14(10-6-12)26(33)34/h3-10,15-18H,1-2H3,(H,23,27)(H,24,28). The molecule has 14 heteroatoms. The van der Waals surface area contributed by atoms with Crippen LogP contribution in [0.2, 0.25) is 0 Å². The number of nitro benzene ring substituents is 2. The van der Waals surface area contributed by atoms with E-state index in [1.807, 2.05) is 0 Å². The predicted molar refractivity (Wildman–Crippen MR) is 120 cm³/mol. The normalized spacial score (nSPS) is 20.3. The van der Waals surface area contributed by atoms with Gasteiger partial charge in [0.05, 0.1) is 48.0 Å². The molecule has 1 aliphatic carbocycles. The van der Waals surface area contributed by atoms with Gasteiger partial charge >= 0.3 is 11.9 Å². The van der Waals surface area contributed by atoms with Gasteiger partial charge in [-0.05, 0) is 24.3 Å². The molecule has 2 aromatic rings. The highest BCUT2D eigenvalue weighted by Gasteiger charge is 2.60. The molecule has 0 spiro atoms. The maximum absolute atomic E-state index is 12.8. The van der Waals surface area contributed by atoms with Gasteiger partial charge in [0.1, 0.15) is 0 Å². The third-order valence-electron chi connectivity index (χ3n) is 5.77. The Balaban J connectivity index is 1.84. The van der Waals surface area contributed by atoms with Gasteiger partial charge < -0.3 is 20.1 Å². The van der Waals surface area contributed by atoms with Crippen molar-refractivity contribution in [3.8, 4) is 0 Å². The van der Waals surface area contributed by atoms with Crippen LogP contribution >= 0.6 is 0 Å². The average Bonchev–Trinajstić information content (AvgIpc) is 2.87. The lowest BCUT2D eigenvalue weighted by Gasteiger charge is -2.48. The first kappa shape index (κ1) is 25.7. The van der Waals surface area contributed by atoms with Gasteiger partial charge in [-0.15, -0.1) is 0 Å². The molecule has 0 atom stereocenters. The molecule has 2 aromatic carbocycles. The number of nitrogens with one attached hydrogen (secondary N) is 2. The van der Waals surface area contributed by atoms with Gasteiger partial charge in [-0.2, -0.15) is 0 Å². The summed E-state index contributed by atoms with van der Waals surface area (Å²) < 4.78 is 9.58. The Morgan fingerprint density at radius 1 is 0.667 bits per heavy atom. The Bertz CT molecular complexity index is 1110. The molecule has 1 saturated carbocycles. The number of hydrogen-bond donors (Lipinski definition) is 2. The number of carbonyl (C=O) groups excluding carboxylic acids is 4. The largest absolute Gasteiger partial charge is 0.469 e. The number of carbonyl (C=O) groups is 4. The van der Waals surface area contributed by atoms with Crippen molar-refractivity contribution >= 4 is 35.1 Å². The summed E-state index contributed by atoms with van der Waals surface area (Å²) in [4.78, 5) is 70.9. The molecule has 0 bridgehead atoms. The number of non-ortho nitro benzene ring substituents is 2. The highest BCUT2D eigenvalue weighted by molar-refractivity contribution is 5.98. The van der Waals surface area contributed by atoms with Crippen LogP contribution in [0.15, 0.2) is 48.5 Å². The Morgan fingerprint density at radius 3 is 1.22 bits per heavy atom. The summed E-state index contributed by atoms with van der Waals surface area (Å²) in [6.07, 6.45) is 0. The molecule has 1 aliphatic rings. The third-order valence-corrected chi connectivity index (χ3v) is 5.77. The lowest BCUT2D eigenvalue weighted by molar-refractivity contribution is -0.385. The van der Waals surface area contributed by atoms with Crippen LogP contribution in [0.4, 0.5) is 11.4 Å². The van der Waals surface area contributed by atoms with Gasteiger partial charge in [0.2, 0.25) is 0 Å². The van der Waals surface area contributed by atoms with Crippen molar-refractivity contribution in [2.45, 2.75) is 12.1 Å². The van der Waals surface area contributed by atoms with Crippen LogP contribution in [-0.4, -0.2) is 59.9 Å². The van der Waals surface area contributed by atoms with Crippen LogP contribution in [0.3, 0.4) is 0 Å². The zero-order valence-corrected chi connectivity index (χ0v) is 18.9. The Hall–Kier alpha value is -4.88. The molecule has 0 radical (unpaired) electrons. The molecular weight excluding hydrogens is 480 g/mol. The zero-order chi connectivity index (χ0) is 26.6. The van der Waals surface area contributed by atoms with E-state index in [0.717, 1.165) is 38.5 Å². The van der Waals surface area contributed by atoms with Gasteiger partial charge in [-0.25, -0.2) is 0 Å². The Kier molecular flexibility index (Phi) is 7.57. The second-order valence-electron chi connectivity index (χ2n) is 7.70. The van der Waals surface area contributed by atoms with Crippen LogP contribution in [-0.2, 0) is 19.1 Å². The molecule has 1 fully saturated rings. The first-order valence-electron chi connectivity index (χ1n) is 10.3. The quantitative estimate of drug-likeness (QED) is 0.299. The highest BCUT2D eigenvalue weighted by atomic mass is 16.6. The SMILES string of the molecule is COC(=O)C1C(NC(=O)c2ccc([N+](=O)[O-])cc2)C(C(=O)OC)C1NC(=O)c1ccc([N+](=O)[O-])cc1. The van der Waals surface area contributed by atoms with E-state index >= 15 is 0 Å². The van der Waals surface area contributed by atoms with E-state index in [4.69, 9.17) is 9.47 Å². The summed E-state index contributed by atoms with van der Waals surface area (Å²) in [6, 6.07) is 7.07. The number of amides is 2. The van der Waals surface area contributed by atoms with Crippen molar-refractivity contribution in [1.82, 2.24) is 10.6 Å². The predicted octanol–water partition coefficient (Wildman–Crippen LogP) is 0.992. The molecule has 36 heavy (non-hydrogen) atoms. The fraction of sp³-hybridized carbons (Fsp3) is 0.273. The molecule has 0 unspecified atom stereocenters. The van der Waals surface area contributed by atoms with Crippen LogP contribution in [0.1, 0.15) is 20.7 Å². The van der Waals surface area contributed by atoms with E-state index in [2.05, 4.69) is 10.6 Å². The fourth-order valence-corrected chi connectivity index (χ4v) is 3.90. The fourth-order valence-electron chi connectivity index (χ4n) is 3.90. The number of hydrogen-bond acceptors (Lipinski definition) is 10. The summed E-state index contributed by atoms with van der Waals surface area (Å²) in [6.45, 7) is 0. The Morgan fingerprint density at radius 2 is 0.972 bits per heavy atom. The summed E-state index contributed by atoms with van der Waals surface area (Å²) in [5.41, 5.74) is -0.398. The van der Waals surface area contributed by atoms with Crippen LogP contribution in [0.25, 0.3) is 0 Å². The third kappa shape index (κ3) is 5.11. The van der Waals surface area contributed by atoms with Crippen molar-refractivity contribution in [3.63, 3.8) is 0 Å². The number of methoxy groups -OCH3 is 2. The van der Waals surface area contributed by atoms with E-state index < -0.39 is 57.5 Å². The maximum Gasteiger partial charge on any atom is 0.312 e. The summed E-state index contributed by atoms with van der Waals surface area (Å²) in [5, 5.41) is 26.7. The smallest absolute Gasteiger partial charge is 0.312 e. The van der Waals surface area contributed by atoms with Crippen LogP contribution in [0.5, 0.6) is 0 Å². The summed E-state index contributed by atoms with van der Waals surface area (Å²) in [5.74, 6) is -5.45. The first-order chi connectivity index (χ1) is 17.1. The van der Waals surface area contributed by atoms with E-state index in [0.29, 0.717) is 0 Å². The van der Waals surface area contributed by atoms with Crippen LogP contribution < -0.4 is 10.6 Å². The number of nitrogens with zero attached hydrogens (tertiary/aromatic N) is 2. The molecule has 3 rings (SSSR count). The van der Waals surface area contributed by atoms with E-state index in [1.54, 1.807) is 0 Å². The van der Waals surface area contributed by atoms with Gasteiger partial charge in [0.15, 0.2) is 0 Å². The van der Waals surface area contributed by atoms with E-state index in [9.17, 15) is 39.4 Å². The number of esters is 2. The molecule has 2 amide bonds. The summed E-state index contributed by atoms with van der Waals surface area (Å²) in [7, 11) is 2.19. The second kappa shape index (κ2) is 10.6. The van der Waals surface area contributed by atoms with Crippen LogP contribution in [0, 0.1) is 32.1 Å². The van der Waals surface area contributed by atoms with Gasteiger partial charge in [-0.3, -0.25) is 39.4 Å². The minimum Gasteiger partial charge on any atom is -0.469 e. The molecule has 0 heterocycles. The number of rotatable bonds is 8. The van der Waals surface area contributed by atoms with Crippen molar-refractivity contribution in [1.29, 1.82) is 0 Å². The van der Waals surface area contributed by atoms with E-state index in [-0.39, 0.29) is 22.5 Å². The molecule has 0 saturated heterocycles. The maximum atomic E-state index is 12.8. The molecule has 14 nitrogen and oxygen atoms in total. The lowest BCUT2D eigenvalue weighted by atomic mass is 9.64. The van der Waals surface area contributed by atoms with E-state index in [1.165, 1.54) is 24.3 Å². The highest BCUT2D eigenvalue weighted by Crippen LogP contribution is 2.37. The zero-order valence-electron chi connectivity index (χ0n) is 18.9. The monoisotopic (exact) mass is 500 g/mol. The number of benzene rings is 2. The number of nitro groups is 2. The first-order valence-corrected chi connectivity index (χ1v) is 10.3. The van der Waals surface area contributed by atoms with Crippen molar-refractivity contribution in [2.75, 3.05) is 14.2 Å². The van der Waals surface area contributed by atoms with Gasteiger partial charge in [0.25, 0.3) is 23.2 Å². The molecule has 0 aliphatic heterocycles. The van der Waals surface area contributed by atoms with Crippen molar-refractivity contribution in [2.24, 2.45) is 11.8 Å². The Labute approximate surface area is 202 Å². The van der Waals surface area contributed by atoms with Gasteiger partial charge in [0, 0.05) is 35.4 Å².